The molecule has 1 rings (SSSR count). The number of allylic oxidation sites excluding steroid dienone is 1. The van der Waals surface area contributed by atoms with Gasteiger partial charge in [0.25, 0.3) is 0 Å². The van der Waals surface area contributed by atoms with Crippen LogP contribution in [-0.4, -0.2) is 24.3 Å². The average molecular weight is 141 g/mol. The number of aliphatic hydroxyl groups excluding tert-OH is 1. The highest BCUT2D eigenvalue weighted by atomic mass is 16.3. The van der Waals surface area contributed by atoms with Gasteiger partial charge in [-0.15, -0.1) is 0 Å². The van der Waals surface area contributed by atoms with Crippen LogP contribution in [0.3, 0.4) is 0 Å². The Morgan fingerprint density at radius 1 is 1.80 bits per heavy atom. The second kappa shape index (κ2) is 3.74. The van der Waals surface area contributed by atoms with Gasteiger partial charge in [0, 0.05) is 12.6 Å². The Kier molecular flexibility index (Phi) is 2.90. The van der Waals surface area contributed by atoms with Gasteiger partial charge in [-0.3, -0.25) is 0 Å². The summed E-state index contributed by atoms with van der Waals surface area (Å²) in [5.74, 6) is 0. The third kappa shape index (κ3) is 2.12. The summed E-state index contributed by atoms with van der Waals surface area (Å²) >= 11 is 0. The lowest BCUT2D eigenvalue weighted by atomic mass is 10.1. The van der Waals surface area contributed by atoms with Gasteiger partial charge in [-0.1, -0.05) is 11.6 Å². The molecule has 1 atom stereocenters. The summed E-state index contributed by atoms with van der Waals surface area (Å²) in [6, 6.07) is 0.314. The fourth-order valence-corrected chi connectivity index (χ4v) is 1.16. The SMILES string of the molecule is CC1=CCNC(CO)CC1. The maximum Gasteiger partial charge on any atom is 0.0584 e. The first-order chi connectivity index (χ1) is 4.83. The normalized spacial score (nSPS) is 27.4. The standard InChI is InChI=1S/C8H15NO/c1-7-2-3-8(6-10)9-5-4-7/h4,8-10H,2-3,5-6H2,1H3. The Bertz CT molecular complexity index is 131. The Morgan fingerprint density at radius 3 is 3.30 bits per heavy atom. The van der Waals surface area contributed by atoms with Gasteiger partial charge in [0.1, 0.15) is 0 Å². The maximum absolute atomic E-state index is 8.82. The van der Waals surface area contributed by atoms with E-state index in [0.717, 1.165) is 19.4 Å². The molecule has 2 nitrogen and oxygen atoms in total. The number of nitrogens with one attached hydrogen (secondary N) is 1. The van der Waals surface area contributed by atoms with Crippen molar-refractivity contribution in [1.82, 2.24) is 5.32 Å². The van der Waals surface area contributed by atoms with Crippen LogP contribution < -0.4 is 5.32 Å². The molecular weight excluding hydrogens is 126 g/mol. The van der Waals surface area contributed by atoms with Crippen LogP contribution in [0.25, 0.3) is 0 Å². The molecule has 0 saturated carbocycles. The minimum Gasteiger partial charge on any atom is -0.395 e. The zero-order valence-electron chi connectivity index (χ0n) is 6.43. The van der Waals surface area contributed by atoms with Crippen LogP contribution >= 0.6 is 0 Å². The molecule has 1 aliphatic heterocycles. The Morgan fingerprint density at radius 2 is 2.60 bits per heavy atom. The minimum atomic E-state index is 0.265. The van der Waals surface area contributed by atoms with Crippen molar-refractivity contribution in [2.45, 2.75) is 25.8 Å². The quantitative estimate of drug-likeness (QED) is 0.526. The number of aliphatic hydroxyl groups is 1. The molecule has 0 aromatic carbocycles. The van der Waals surface area contributed by atoms with Gasteiger partial charge in [0.2, 0.25) is 0 Å². The van der Waals surface area contributed by atoms with Crippen LogP contribution in [0.1, 0.15) is 19.8 Å². The smallest absolute Gasteiger partial charge is 0.0584 e. The molecule has 0 fully saturated rings. The van der Waals surface area contributed by atoms with E-state index in [2.05, 4.69) is 18.3 Å². The van der Waals surface area contributed by atoms with Crippen LogP contribution in [0.5, 0.6) is 0 Å². The highest BCUT2D eigenvalue weighted by Gasteiger charge is 2.08. The van der Waals surface area contributed by atoms with Crippen LogP contribution in [0.4, 0.5) is 0 Å². The van der Waals surface area contributed by atoms with Crippen molar-refractivity contribution < 1.29 is 5.11 Å². The molecule has 0 saturated heterocycles. The molecule has 0 amide bonds. The Balaban J connectivity index is 2.36. The fraction of sp³-hybridized carbons (Fsp3) is 0.750. The average Bonchev–Trinajstić information content (AvgIpc) is 2.14. The van der Waals surface area contributed by atoms with E-state index in [1.54, 1.807) is 0 Å². The van der Waals surface area contributed by atoms with Crippen molar-refractivity contribution in [3.8, 4) is 0 Å². The fourth-order valence-electron chi connectivity index (χ4n) is 1.16. The Labute approximate surface area is 61.9 Å². The van der Waals surface area contributed by atoms with Gasteiger partial charge in [-0.05, 0) is 19.8 Å². The van der Waals surface area contributed by atoms with Crippen molar-refractivity contribution in [2.24, 2.45) is 0 Å². The zero-order chi connectivity index (χ0) is 7.40. The molecule has 0 aromatic heterocycles. The molecule has 10 heavy (non-hydrogen) atoms. The monoisotopic (exact) mass is 141 g/mol. The van der Waals surface area contributed by atoms with Crippen LogP contribution in [0.15, 0.2) is 11.6 Å². The Hall–Kier alpha value is -0.340. The van der Waals surface area contributed by atoms with E-state index in [9.17, 15) is 0 Å². The summed E-state index contributed by atoms with van der Waals surface area (Å²) in [4.78, 5) is 0. The summed E-state index contributed by atoms with van der Waals surface area (Å²) in [5.41, 5.74) is 1.43. The predicted octanol–water partition coefficient (Wildman–Crippen LogP) is 0.677. The van der Waals surface area contributed by atoms with Gasteiger partial charge >= 0.3 is 0 Å². The van der Waals surface area contributed by atoms with Crippen LogP contribution in [0, 0.1) is 0 Å². The van der Waals surface area contributed by atoms with E-state index < -0.39 is 0 Å². The number of hydrogen-bond acceptors (Lipinski definition) is 2. The van der Waals surface area contributed by atoms with Gasteiger partial charge < -0.3 is 10.4 Å². The van der Waals surface area contributed by atoms with Gasteiger partial charge in [-0.25, -0.2) is 0 Å². The van der Waals surface area contributed by atoms with Crippen molar-refractivity contribution >= 4 is 0 Å². The molecule has 2 heteroatoms. The van der Waals surface area contributed by atoms with E-state index in [1.165, 1.54) is 5.57 Å². The highest BCUT2D eigenvalue weighted by Crippen LogP contribution is 2.09. The topological polar surface area (TPSA) is 32.3 Å². The van der Waals surface area contributed by atoms with Crippen molar-refractivity contribution in [3.63, 3.8) is 0 Å². The molecule has 0 spiro atoms. The summed E-state index contributed by atoms with van der Waals surface area (Å²) < 4.78 is 0. The minimum absolute atomic E-state index is 0.265. The second-order valence-corrected chi connectivity index (χ2v) is 2.88. The third-order valence-corrected chi connectivity index (χ3v) is 1.96. The summed E-state index contributed by atoms with van der Waals surface area (Å²) in [7, 11) is 0. The second-order valence-electron chi connectivity index (χ2n) is 2.88. The molecule has 1 unspecified atom stereocenters. The first kappa shape index (κ1) is 7.76. The van der Waals surface area contributed by atoms with Gasteiger partial charge in [-0.2, -0.15) is 0 Å². The van der Waals surface area contributed by atoms with E-state index in [4.69, 9.17) is 5.11 Å². The van der Waals surface area contributed by atoms with E-state index >= 15 is 0 Å². The van der Waals surface area contributed by atoms with E-state index in [1.807, 2.05) is 0 Å². The lowest BCUT2D eigenvalue weighted by Gasteiger charge is -2.10. The molecule has 0 radical (unpaired) electrons. The van der Waals surface area contributed by atoms with Crippen LogP contribution in [0.2, 0.25) is 0 Å². The van der Waals surface area contributed by atoms with E-state index in [0.29, 0.717) is 6.04 Å². The molecule has 0 aromatic rings. The molecule has 1 heterocycles. The molecule has 2 N–H and O–H groups in total. The largest absolute Gasteiger partial charge is 0.395 e. The zero-order valence-corrected chi connectivity index (χ0v) is 6.43. The van der Waals surface area contributed by atoms with Gasteiger partial charge in [0.05, 0.1) is 6.61 Å². The summed E-state index contributed by atoms with van der Waals surface area (Å²) in [5, 5.41) is 12.1. The molecule has 58 valence electrons. The third-order valence-electron chi connectivity index (χ3n) is 1.96. The van der Waals surface area contributed by atoms with Crippen molar-refractivity contribution in [3.05, 3.63) is 11.6 Å². The molecule has 1 aliphatic rings. The summed E-state index contributed by atoms with van der Waals surface area (Å²) in [6.07, 6.45) is 4.38. The first-order valence-electron chi connectivity index (χ1n) is 3.83. The predicted molar refractivity (Wildman–Crippen MR) is 41.9 cm³/mol. The number of rotatable bonds is 1. The summed E-state index contributed by atoms with van der Waals surface area (Å²) in [6.45, 7) is 3.32. The lowest BCUT2D eigenvalue weighted by molar-refractivity contribution is 0.241. The molecule has 0 aliphatic carbocycles. The van der Waals surface area contributed by atoms with Crippen molar-refractivity contribution in [1.29, 1.82) is 0 Å². The van der Waals surface area contributed by atoms with Crippen molar-refractivity contribution in [2.75, 3.05) is 13.2 Å². The number of hydrogen-bond donors (Lipinski definition) is 2. The first-order valence-corrected chi connectivity index (χ1v) is 3.83. The van der Waals surface area contributed by atoms with Gasteiger partial charge in [0.15, 0.2) is 0 Å². The highest BCUT2D eigenvalue weighted by molar-refractivity contribution is 5.02. The van der Waals surface area contributed by atoms with Crippen LogP contribution in [-0.2, 0) is 0 Å². The lowest BCUT2D eigenvalue weighted by Crippen LogP contribution is -2.31. The molecule has 0 bridgehead atoms. The molecular formula is C8H15NO. The maximum atomic E-state index is 8.82. The van der Waals surface area contributed by atoms with E-state index in [-0.39, 0.29) is 6.61 Å².